The van der Waals surface area contributed by atoms with Crippen LogP contribution in [0.1, 0.15) is 6.42 Å². The zero-order chi connectivity index (χ0) is 9.14. The predicted molar refractivity (Wildman–Crippen MR) is 55.3 cm³/mol. The predicted octanol–water partition coefficient (Wildman–Crippen LogP) is -0.0916. The van der Waals surface area contributed by atoms with Gasteiger partial charge in [-0.05, 0) is 20.5 Å². The molecule has 0 aromatic heterocycles. The van der Waals surface area contributed by atoms with Crippen molar-refractivity contribution in [2.45, 2.75) is 12.5 Å². The Bertz CT molecular complexity index is 170. The third-order valence-corrected chi connectivity index (χ3v) is 2.49. The maximum absolute atomic E-state index is 5.47. The van der Waals surface area contributed by atoms with E-state index in [4.69, 9.17) is 18.0 Å². The summed E-state index contributed by atoms with van der Waals surface area (Å²) in [5.41, 5.74) is 5.47. The van der Waals surface area contributed by atoms with Crippen molar-refractivity contribution in [3.8, 4) is 0 Å². The highest BCUT2D eigenvalue weighted by molar-refractivity contribution is 7.80. The van der Waals surface area contributed by atoms with Crippen LogP contribution in [0.3, 0.4) is 0 Å². The summed E-state index contributed by atoms with van der Waals surface area (Å²) in [5, 5.41) is 0. The van der Waals surface area contributed by atoms with Gasteiger partial charge in [-0.15, -0.1) is 0 Å². The van der Waals surface area contributed by atoms with Gasteiger partial charge in [0.25, 0.3) is 0 Å². The van der Waals surface area contributed by atoms with Crippen LogP contribution in [0.25, 0.3) is 0 Å². The highest BCUT2D eigenvalue weighted by Crippen LogP contribution is 2.12. The lowest BCUT2D eigenvalue weighted by atomic mass is 10.2. The van der Waals surface area contributed by atoms with Gasteiger partial charge in [-0.25, -0.2) is 0 Å². The number of hydrogen-bond acceptors (Lipinski definition) is 3. The highest BCUT2D eigenvalue weighted by Gasteiger charge is 2.23. The van der Waals surface area contributed by atoms with Crippen LogP contribution in [0.15, 0.2) is 0 Å². The van der Waals surface area contributed by atoms with Gasteiger partial charge in [0.15, 0.2) is 0 Å². The van der Waals surface area contributed by atoms with Gasteiger partial charge in [-0.3, -0.25) is 4.90 Å². The van der Waals surface area contributed by atoms with E-state index in [9.17, 15) is 0 Å². The van der Waals surface area contributed by atoms with E-state index in [-0.39, 0.29) is 0 Å². The molecule has 1 unspecified atom stereocenters. The summed E-state index contributed by atoms with van der Waals surface area (Å²) in [7, 11) is 4.24. The van der Waals surface area contributed by atoms with Gasteiger partial charge in [0, 0.05) is 25.7 Å². The van der Waals surface area contributed by atoms with Gasteiger partial charge in [-0.1, -0.05) is 12.2 Å². The second-order valence-corrected chi connectivity index (χ2v) is 4.13. The van der Waals surface area contributed by atoms with Crippen LogP contribution < -0.4 is 5.73 Å². The molecule has 0 bridgehead atoms. The molecule has 1 atom stereocenters. The van der Waals surface area contributed by atoms with E-state index in [1.807, 2.05) is 0 Å². The molecule has 0 aliphatic carbocycles. The summed E-state index contributed by atoms with van der Waals surface area (Å²) in [5.74, 6) is 0. The Morgan fingerprint density at radius 3 is 2.75 bits per heavy atom. The van der Waals surface area contributed by atoms with E-state index in [0.29, 0.717) is 11.0 Å². The summed E-state index contributed by atoms with van der Waals surface area (Å²) in [6.07, 6.45) is 1.23. The summed E-state index contributed by atoms with van der Waals surface area (Å²) in [6, 6.07) is 0.680. The molecular formula is C8H17N3S. The van der Waals surface area contributed by atoms with Gasteiger partial charge in [0.2, 0.25) is 0 Å². The second kappa shape index (κ2) is 4.16. The Kier molecular flexibility index (Phi) is 3.43. The van der Waals surface area contributed by atoms with E-state index >= 15 is 0 Å². The van der Waals surface area contributed by atoms with E-state index in [2.05, 4.69) is 23.9 Å². The lowest BCUT2D eigenvalue weighted by Crippen LogP contribution is -2.35. The summed E-state index contributed by atoms with van der Waals surface area (Å²) in [4.78, 5) is 5.18. The molecule has 1 saturated heterocycles. The summed E-state index contributed by atoms with van der Waals surface area (Å²) in [6.45, 7) is 3.00. The van der Waals surface area contributed by atoms with Crippen molar-refractivity contribution in [2.24, 2.45) is 5.73 Å². The number of likely N-dealkylation sites (tertiary alicyclic amines) is 1. The molecule has 0 spiro atoms. The Hall–Kier alpha value is -0.190. The van der Waals surface area contributed by atoms with Gasteiger partial charge < -0.3 is 10.6 Å². The first-order valence-corrected chi connectivity index (χ1v) is 4.67. The molecule has 1 aliphatic heterocycles. The number of thiocarbonyl (C=S) groups is 1. The molecule has 1 fully saturated rings. The average Bonchev–Trinajstić information content (AvgIpc) is 2.34. The molecular weight excluding hydrogens is 170 g/mol. The standard InChI is InChI=1S/C8H17N3S/c1-10(2)7-3-4-11(5-7)6-8(9)12/h7H,3-6H2,1-2H3,(H2,9,12). The Morgan fingerprint density at radius 1 is 1.67 bits per heavy atom. The topological polar surface area (TPSA) is 32.5 Å². The van der Waals surface area contributed by atoms with Crippen molar-refractivity contribution < 1.29 is 0 Å². The first-order chi connectivity index (χ1) is 5.59. The van der Waals surface area contributed by atoms with Crippen molar-refractivity contribution in [1.82, 2.24) is 9.80 Å². The first kappa shape index (κ1) is 9.89. The van der Waals surface area contributed by atoms with Crippen LogP contribution in [-0.4, -0.2) is 54.6 Å². The number of nitrogens with zero attached hydrogens (tertiary/aromatic N) is 2. The minimum atomic E-state index is 0.606. The van der Waals surface area contributed by atoms with Crippen LogP contribution >= 0.6 is 12.2 Å². The van der Waals surface area contributed by atoms with Crippen LogP contribution in [-0.2, 0) is 0 Å². The minimum absolute atomic E-state index is 0.606. The minimum Gasteiger partial charge on any atom is -0.392 e. The van der Waals surface area contributed by atoms with Crippen molar-refractivity contribution in [1.29, 1.82) is 0 Å². The molecule has 2 N–H and O–H groups in total. The van der Waals surface area contributed by atoms with Gasteiger partial charge >= 0.3 is 0 Å². The molecule has 0 aromatic carbocycles. The maximum Gasteiger partial charge on any atom is 0.0870 e. The van der Waals surface area contributed by atoms with Crippen LogP contribution in [0.5, 0.6) is 0 Å². The Balaban J connectivity index is 2.30. The molecule has 0 aromatic rings. The van der Waals surface area contributed by atoms with E-state index in [0.717, 1.165) is 19.6 Å². The van der Waals surface area contributed by atoms with Gasteiger partial charge in [0.05, 0.1) is 4.99 Å². The fraction of sp³-hybridized carbons (Fsp3) is 0.875. The van der Waals surface area contributed by atoms with Crippen molar-refractivity contribution in [3.05, 3.63) is 0 Å². The SMILES string of the molecule is CN(C)C1CCN(CC(N)=S)C1. The molecule has 12 heavy (non-hydrogen) atoms. The molecule has 1 aliphatic rings. The van der Waals surface area contributed by atoms with Crippen LogP contribution in [0, 0.1) is 0 Å². The number of likely N-dealkylation sites (N-methyl/N-ethyl adjacent to an activating group) is 1. The maximum atomic E-state index is 5.47. The fourth-order valence-electron chi connectivity index (χ4n) is 1.60. The number of nitrogens with two attached hydrogens (primary N) is 1. The fourth-order valence-corrected chi connectivity index (χ4v) is 1.78. The third kappa shape index (κ3) is 2.69. The molecule has 1 heterocycles. The molecule has 0 amide bonds. The van der Waals surface area contributed by atoms with Gasteiger partial charge in [0.1, 0.15) is 0 Å². The summed E-state index contributed by atoms with van der Waals surface area (Å²) >= 11 is 4.86. The Morgan fingerprint density at radius 2 is 2.33 bits per heavy atom. The van der Waals surface area contributed by atoms with Crippen molar-refractivity contribution in [3.63, 3.8) is 0 Å². The van der Waals surface area contributed by atoms with E-state index < -0.39 is 0 Å². The first-order valence-electron chi connectivity index (χ1n) is 4.26. The van der Waals surface area contributed by atoms with Crippen molar-refractivity contribution >= 4 is 17.2 Å². The normalized spacial score (nSPS) is 25.1. The second-order valence-electron chi connectivity index (χ2n) is 3.61. The molecule has 1 rings (SSSR count). The lowest BCUT2D eigenvalue weighted by Gasteiger charge is -2.19. The summed E-state index contributed by atoms with van der Waals surface area (Å²) < 4.78 is 0. The zero-order valence-corrected chi connectivity index (χ0v) is 8.60. The van der Waals surface area contributed by atoms with Crippen molar-refractivity contribution in [2.75, 3.05) is 33.7 Å². The zero-order valence-electron chi connectivity index (χ0n) is 7.79. The molecule has 0 radical (unpaired) electrons. The third-order valence-electron chi connectivity index (χ3n) is 2.36. The molecule has 4 heteroatoms. The molecule has 3 nitrogen and oxygen atoms in total. The van der Waals surface area contributed by atoms with E-state index in [1.165, 1.54) is 6.42 Å². The monoisotopic (exact) mass is 187 g/mol. The average molecular weight is 187 g/mol. The van der Waals surface area contributed by atoms with Gasteiger partial charge in [-0.2, -0.15) is 0 Å². The largest absolute Gasteiger partial charge is 0.392 e. The van der Waals surface area contributed by atoms with Crippen LogP contribution in [0.4, 0.5) is 0 Å². The Labute approximate surface area is 79.5 Å². The highest BCUT2D eigenvalue weighted by atomic mass is 32.1. The number of hydrogen-bond donors (Lipinski definition) is 1. The smallest absolute Gasteiger partial charge is 0.0870 e. The molecule has 0 saturated carbocycles. The number of rotatable bonds is 3. The lowest BCUT2D eigenvalue weighted by molar-refractivity contribution is 0.283. The quantitative estimate of drug-likeness (QED) is 0.626. The molecule has 70 valence electrons. The van der Waals surface area contributed by atoms with E-state index in [1.54, 1.807) is 0 Å². The van der Waals surface area contributed by atoms with Crippen LogP contribution in [0.2, 0.25) is 0 Å².